The monoisotopic (exact) mass is 445 g/mol. The molecule has 168 valence electrons. The van der Waals surface area contributed by atoms with Crippen LogP contribution in [-0.4, -0.2) is 56.2 Å². The van der Waals surface area contributed by atoms with Crippen LogP contribution in [0.2, 0.25) is 0 Å². The molecular formula is C23H23N7O3. The Morgan fingerprint density at radius 2 is 1.88 bits per heavy atom. The summed E-state index contributed by atoms with van der Waals surface area (Å²) < 4.78 is 1.66. The van der Waals surface area contributed by atoms with Crippen molar-refractivity contribution in [3.05, 3.63) is 72.2 Å². The van der Waals surface area contributed by atoms with Crippen molar-refractivity contribution in [2.24, 2.45) is 0 Å². The summed E-state index contributed by atoms with van der Waals surface area (Å²) in [5, 5.41) is 22.1. The molecule has 10 heteroatoms. The van der Waals surface area contributed by atoms with Gasteiger partial charge in [-0.05, 0) is 48.9 Å². The molecule has 0 unspecified atom stereocenters. The highest BCUT2D eigenvalue weighted by molar-refractivity contribution is 5.95. The van der Waals surface area contributed by atoms with E-state index in [0.717, 1.165) is 11.1 Å². The van der Waals surface area contributed by atoms with Crippen molar-refractivity contribution < 1.29 is 14.7 Å². The Hall–Kier alpha value is -4.31. The Morgan fingerprint density at radius 1 is 1.09 bits per heavy atom. The summed E-state index contributed by atoms with van der Waals surface area (Å²) >= 11 is 0. The lowest BCUT2D eigenvalue weighted by Crippen LogP contribution is -2.30. The molecule has 10 nitrogen and oxygen atoms in total. The number of anilines is 2. The summed E-state index contributed by atoms with van der Waals surface area (Å²) in [6.07, 6.45) is 2.73. The molecule has 3 aromatic heterocycles. The summed E-state index contributed by atoms with van der Waals surface area (Å²) in [4.78, 5) is 32.5. The van der Waals surface area contributed by atoms with E-state index in [4.69, 9.17) is 0 Å². The predicted octanol–water partition coefficient (Wildman–Crippen LogP) is 2.01. The Bertz CT molecular complexity index is 1280. The molecule has 1 atom stereocenters. The van der Waals surface area contributed by atoms with Crippen LogP contribution >= 0.6 is 0 Å². The Labute approximate surface area is 189 Å². The standard InChI is InChI=1S/C23H23N7O3/c1-14(31)12-26-21(32)16-7-5-15(6-8-16)18-4-3-11-30-20(18)28-23(29-30)27-17-9-10-19(25-13-17)22(33)24-2/h3-11,13-14,31H,12H2,1-2H3,(H,24,33)(H,26,32)(H,27,29)/t14-/m0/s1. The van der Waals surface area contributed by atoms with Crippen LogP contribution in [0.5, 0.6) is 0 Å². The number of benzene rings is 1. The molecule has 3 heterocycles. The number of nitrogens with one attached hydrogen (secondary N) is 3. The van der Waals surface area contributed by atoms with E-state index in [-0.39, 0.29) is 18.4 Å². The molecule has 0 bridgehead atoms. The molecule has 0 radical (unpaired) electrons. The highest BCUT2D eigenvalue weighted by atomic mass is 16.3. The van der Waals surface area contributed by atoms with Gasteiger partial charge in [-0.15, -0.1) is 5.10 Å². The number of fused-ring (bicyclic) bond motifs is 1. The number of hydrogen-bond donors (Lipinski definition) is 4. The number of carbonyl (C=O) groups excluding carboxylic acids is 2. The number of nitrogens with zero attached hydrogens (tertiary/aromatic N) is 4. The molecule has 4 aromatic rings. The average Bonchev–Trinajstić information content (AvgIpc) is 3.25. The average molecular weight is 445 g/mol. The lowest BCUT2D eigenvalue weighted by atomic mass is 10.0. The second kappa shape index (κ2) is 9.45. The first-order valence-electron chi connectivity index (χ1n) is 10.3. The number of pyridine rings is 2. The lowest BCUT2D eigenvalue weighted by Gasteiger charge is -2.08. The number of aliphatic hydroxyl groups excluding tert-OH is 1. The Balaban J connectivity index is 1.55. The van der Waals surface area contributed by atoms with Crippen LogP contribution in [-0.2, 0) is 0 Å². The van der Waals surface area contributed by atoms with E-state index in [1.54, 1.807) is 55.1 Å². The number of carbonyl (C=O) groups is 2. The molecule has 0 saturated heterocycles. The fourth-order valence-electron chi connectivity index (χ4n) is 3.19. The van der Waals surface area contributed by atoms with Gasteiger partial charge in [0, 0.05) is 30.9 Å². The van der Waals surface area contributed by atoms with E-state index in [2.05, 4.69) is 31.0 Å². The summed E-state index contributed by atoms with van der Waals surface area (Å²) in [5.74, 6) is -0.125. The van der Waals surface area contributed by atoms with Crippen LogP contribution in [0.25, 0.3) is 16.8 Å². The van der Waals surface area contributed by atoms with Gasteiger partial charge in [0.1, 0.15) is 5.69 Å². The molecule has 4 N–H and O–H groups in total. The van der Waals surface area contributed by atoms with Crippen molar-refractivity contribution in [1.82, 2.24) is 30.2 Å². The normalized spacial score (nSPS) is 11.7. The van der Waals surface area contributed by atoms with E-state index in [9.17, 15) is 14.7 Å². The van der Waals surface area contributed by atoms with Crippen molar-refractivity contribution in [3.8, 4) is 11.1 Å². The van der Waals surface area contributed by atoms with Gasteiger partial charge in [0.15, 0.2) is 5.65 Å². The van der Waals surface area contributed by atoms with Crippen LogP contribution in [0.3, 0.4) is 0 Å². The third-order valence-electron chi connectivity index (χ3n) is 4.86. The molecule has 0 aliphatic rings. The van der Waals surface area contributed by atoms with E-state index in [1.807, 2.05) is 24.3 Å². The van der Waals surface area contributed by atoms with Gasteiger partial charge in [-0.25, -0.2) is 9.50 Å². The molecule has 0 aliphatic heterocycles. The van der Waals surface area contributed by atoms with E-state index in [1.165, 1.54) is 0 Å². The number of aliphatic hydroxyl groups is 1. The molecule has 4 rings (SSSR count). The van der Waals surface area contributed by atoms with Crippen LogP contribution in [0.15, 0.2) is 60.9 Å². The van der Waals surface area contributed by atoms with Gasteiger partial charge in [-0.2, -0.15) is 4.98 Å². The van der Waals surface area contributed by atoms with Gasteiger partial charge >= 0.3 is 0 Å². The second-order valence-corrected chi connectivity index (χ2v) is 7.40. The Morgan fingerprint density at radius 3 is 2.55 bits per heavy atom. The largest absolute Gasteiger partial charge is 0.392 e. The molecular weight excluding hydrogens is 422 g/mol. The van der Waals surface area contributed by atoms with Crippen LogP contribution in [0, 0.1) is 0 Å². The number of aromatic nitrogens is 4. The van der Waals surface area contributed by atoms with Gasteiger partial charge in [0.25, 0.3) is 11.8 Å². The predicted molar refractivity (Wildman–Crippen MR) is 123 cm³/mol. The minimum Gasteiger partial charge on any atom is -0.392 e. The highest BCUT2D eigenvalue weighted by Crippen LogP contribution is 2.25. The van der Waals surface area contributed by atoms with Crippen LogP contribution < -0.4 is 16.0 Å². The molecule has 0 spiro atoms. The van der Waals surface area contributed by atoms with Gasteiger partial charge in [-0.3, -0.25) is 9.59 Å². The number of amides is 2. The van der Waals surface area contributed by atoms with Gasteiger partial charge < -0.3 is 21.1 Å². The van der Waals surface area contributed by atoms with Crippen LogP contribution in [0.1, 0.15) is 27.8 Å². The third kappa shape index (κ3) is 4.96. The smallest absolute Gasteiger partial charge is 0.269 e. The quantitative estimate of drug-likeness (QED) is 0.342. The van der Waals surface area contributed by atoms with E-state index in [0.29, 0.717) is 28.5 Å². The molecule has 33 heavy (non-hydrogen) atoms. The molecule has 2 amide bonds. The summed E-state index contributed by atoms with van der Waals surface area (Å²) in [5.41, 5.74) is 3.83. The first-order valence-corrected chi connectivity index (χ1v) is 10.3. The molecule has 0 fully saturated rings. The van der Waals surface area contributed by atoms with Crippen molar-refractivity contribution in [2.45, 2.75) is 13.0 Å². The topological polar surface area (TPSA) is 134 Å². The molecule has 1 aromatic carbocycles. The fourth-order valence-corrected chi connectivity index (χ4v) is 3.19. The Kier molecular flexibility index (Phi) is 6.27. The van der Waals surface area contributed by atoms with E-state index < -0.39 is 6.10 Å². The number of hydrogen-bond acceptors (Lipinski definition) is 7. The maximum atomic E-state index is 12.2. The maximum Gasteiger partial charge on any atom is 0.269 e. The second-order valence-electron chi connectivity index (χ2n) is 7.40. The lowest BCUT2D eigenvalue weighted by molar-refractivity contribution is 0.0922. The van der Waals surface area contributed by atoms with Crippen molar-refractivity contribution in [2.75, 3.05) is 18.9 Å². The first-order chi connectivity index (χ1) is 15.9. The van der Waals surface area contributed by atoms with Crippen molar-refractivity contribution in [3.63, 3.8) is 0 Å². The summed E-state index contributed by atoms with van der Waals surface area (Å²) in [6, 6.07) is 14.3. The minimum atomic E-state index is -0.605. The first kappa shape index (κ1) is 21.9. The summed E-state index contributed by atoms with van der Waals surface area (Å²) in [7, 11) is 1.55. The highest BCUT2D eigenvalue weighted by Gasteiger charge is 2.12. The van der Waals surface area contributed by atoms with Gasteiger partial charge in [0.05, 0.1) is 18.0 Å². The molecule has 0 saturated carbocycles. The van der Waals surface area contributed by atoms with Crippen molar-refractivity contribution in [1.29, 1.82) is 0 Å². The fraction of sp³-hybridized carbons (Fsp3) is 0.174. The SMILES string of the molecule is CNC(=O)c1ccc(Nc2nc3c(-c4ccc(C(=O)NC[C@H](C)O)cc4)cccn3n2)cn1. The van der Waals surface area contributed by atoms with Gasteiger partial charge in [0.2, 0.25) is 5.95 Å². The maximum absolute atomic E-state index is 12.2. The number of rotatable bonds is 7. The van der Waals surface area contributed by atoms with Gasteiger partial charge in [-0.1, -0.05) is 12.1 Å². The summed E-state index contributed by atoms with van der Waals surface area (Å²) in [6.45, 7) is 1.81. The van der Waals surface area contributed by atoms with E-state index >= 15 is 0 Å². The zero-order valence-electron chi connectivity index (χ0n) is 18.1. The third-order valence-corrected chi connectivity index (χ3v) is 4.86. The molecule has 0 aliphatic carbocycles. The van der Waals surface area contributed by atoms with Crippen LogP contribution in [0.4, 0.5) is 11.6 Å². The minimum absolute atomic E-state index is 0.194. The zero-order valence-corrected chi connectivity index (χ0v) is 18.1. The zero-order chi connectivity index (χ0) is 23.4. The van der Waals surface area contributed by atoms with Crippen molar-refractivity contribution >= 4 is 29.1 Å².